The van der Waals surface area contributed by atoms with Crippen LogP contribution < -0.4 is 0 Å². The molecule has 0 aliphatic carbocycles. The van der Waals surface area contributed by atoms with Gasteiger partial charge in [-0.25, -0.2) is 0 Å². The molecule has 0 bridgehead atoms. The van der Waals surface area contributed by atoms with Gasteiger partial charge in [0.05, 0.1) is 0 Å². The molecule has 1 aromatic carbocycles. The summed E-state index contributed by atoms with van der Waals surface area (Å²) in [6.45, 7) is 9.50. The van der Waals surface area contributed by atoms with Gasteiger partial charge in [0.25, 0.3) is 0 Å². The fourth-order valence-electron chi connectivity index (χ4n) is 4.29. The molecule has 3 rings (SSSR count). The molecule has 5 heteroatoms. The molecule has 1 spiro atoms. The van der Waals surface area contributed by atoms with Gasteiger partial charge < -0.3 is 4.90 Å². The molecule has 0 radical (unpaired) electrons. The Labute approximate surface area is 162 Å². The van der Waals surface area contributed by atoms with Gasteiger partial charge in [0.2, 0.25) is 5.91 Å². The molecule has 0 N–H and O–H groups in total. The summed E-state index contributed by atoms with van der Waals surface area (Å²) in [6, 6.07) is 8.86. The van der Waals surface area contributed by atoms with E-state index >= 15 is 0 Å². The number of benzene rings is 1. The van der Waals surface area contributed by atoms with E-state index in [0.29, 0.717) is 13.0 Å². The smallest absolute Gasteiger partial charge is 0.222 e. The molecule has 1 aromatic rings. The first-order valence-corrected chi connectivity index (χ1v) is 10.7. The van der Waals surface area contributed by atoms with Crippen LogP contribution in [0, 0.1) is 0 Å². The molecule has 1 atom stereocenters. The summed E-state index contributed by atoms with van der Waals surface area (Å²) in [5.74, 6) is 0.278. The Bertz CT molecular complexity index is 650. The van der Waals surface area contributed by atoms with E-state index in [9.17, 15) is 4.79 Å². The van der Waals surface area contributed by atoms with Crippen molar-refractivity contribution < 1.29 is 4.79 Å². The Morgan fingerprint density at radius 2 is 2.12 bits per heavy atom. The first-order valence-electron chi connectivity index (χ1n) is 9.51. The van der Waals surface area contributed by atoms with Crippen molar-refractivity contribution in [2.45, 2.75) is 36.2 Å². The normalized spacial score (nSPS) is 25.5. The highest BCUT2D eigenvalue weighted by Crippen LogP contribution is 2.32. The molecule has 142 valence electrons. The molecule has 4 nitrogen and oxygen atoms in total. The maximum Gasteiger partial charge on any atom is 0.222 e. The SMILES string of the molecule is C=CCN1CCC2(CCC1=O)CN(Cc1cccc(SC)c1)CCN2C. The number of likely N-dealkylation sites (N-methyl/N-ethyl adjacent to an activating group) is 1. The molecule has 0 saturated carbocycles. The van der Waals surface area contributed by atoms with Gasteiger partial charge in [0, 0.05) is 56.1 Å². The van der Waals surface area contributed by atoms with E-state index in [1.54, 1.807) is 11.8 Å². The van der Waals surface area contributed by atoms with Crippen molar-refractivity contribution >= 4 is 17.7 Å². The Hall–Kier alpha value is -1.30. The number of rotatable bonds is 5. The minimum absolute atomic E-state index is 0.112. The van der Waals surface area contributed by atoms with Gasteiger partial charge in [-0.3, -0.25) is 14.6 Å². The highest BCUT2D eigenvalue weighted by molar-refractivity contribution is 7.98. The second-order valence-corrected chi connectivity index (χ2v) is 8.47. The van der Waals surface area contributed by atoms with E-state index in [0.717, 1.165) is 45.6 Å². The Morgan fingerprint density at radius 1 is 1.27 bits per heavy atom. The number of hydrogen-bond donors (Lipinski definition) is 0. The number of likely N-dealkylation sites (tertiary alicyclic amines) is 1. The number of nitrogens with zero attached hydrogens (tertiary/aromatic N) is 3. The largest absolute Gasteiger partial charge is 0.339 e. The van der Waals surface area contributed by atoms with Crippen molar-refractivity contribution in [3.05, 3.63) is 42.5 Å². The fraction of sp³-hybridized carbons (Fsp3) is 0.571. The van der Waals surface area contributed by atoms with E-state index < -0.39 is 0 Å². The van der Waals surface area contributed by atoms with Crippen molar-refractivity contribution in [1.29, 1.82) is 0 Å². The van der Waals surface area contributed by atoms with Crippen molar-refractivity contribution in [2.24, 2.45) is 0 Å². The third-order valence-corrected chi connectivity index (χ3v) is 6.70. The van der Waals surface area contributed by atoms with Crippen molar-refractivity contribution in [2.75, 3.05) is 46.0 Å². The molecule has 2 aliphatic rings. The highest BCUT2D eigenvalue weighted by atomic mass is 32.2. The van der Waals surface area contributed by atoms with E-state index in [1.165, 1.54) is 10.5 Å². The van der Waals surface area contributed by atoms with Crippen LogP contribution in [0.3, 0.4) is 0 Å². The Balaban J connectivity index is 1.71. The number of hydrogen-bond acceptors (Lipinski definition) is 4. The minimum Gasteiger partial charge on any atom is -0.339 e. The number of piperazine rings is 1. The van der Waals surface area contributed by atoms with Gasteiger partial charge in [-0.15, -0.1) is 18.3 Å². The maximum absolute atomic E-state index is 12.4. The molecular weight excluding hydrogens is 342 g/mol. The van der Waals surface area contributed by atoms with Crippen molar-refractivity contribution in [1.82, 2.24) is 14.7 Å². The molecule has 2 saturated heterocycles. The van der Waals surface area contributed by atoms with Crippen molar-refractivity contribution in [3.8, 4) is 0 Å². The van der Waals surface area contributed by atoms with Gasteiger partial charge in [0.15, 0.2) is 0 Å². The Morgan fingerprint density at radius 3 is 2.88 bits per heavy atom. The predicted molar refractivity (Wildman–Crippen MR) is 109 cm³/mol. The van der Waals surface area contributed by atoms with Gasteiger partial charge in [-0.2, -0.15) is 0 Å². The quantitative estimate of drug-likeness (QED) is 0.585. The lowest BCUT2D eigenvalue weighted by Gasteiger charge is -2.49. The molecule has 0 aromatic heterocycles. The van der Waals surface area contributed by atoms with Crippen molar-refractivity contribution in [3.63, 3.8) is 0 Å². The van der Waals surface area contributed by atoms with Crippen LogP contribution in [0.2, 0.25) is 0 Å². The van der Waals surface area contributed by atoms with E-state index in [-0.39, 0.29) is 11.4 Å². The van der Waals surface area contributed by atoms with Gasteiger partial charge in [0.1, 0.15) is 0 Å². The number of amides is 1. The third-order valence-electron chi connectivity index (χ3n) is 5.97. The van der Waals surface area contributed by atoms with Gasteiger partial charge in [-0.05, 0) is 43.8 Å². The summed E-state index contributed by atoms with van der Waals surface area (Å²) >= 11 is 1.80. The second-order valence-electron chi connectivity index (χ2n) is 7.59. The summed E-state index contributed by atoms with van der Waals surface area (Å²) in [5, 5.41) is 0. The summed E-state index contributed by atoms with van der Waals surface area (Å²) in [4.78, 5) is 20.8. The molecule has 26 heavy (non-hydrogen) atoms. The van der Waals surface area contributed by atoms with Crippen LogP contribution in [0.25, 0.3) is 0 Å². The van der Waals surface area contributed by atoms with E-state index in [1.807, 2.05) is 11.0 Å². The summed E-state index contributed by atoms with van der Waals surface area (Å²) in [5.41, 5.74) is 1.50. The standard InChI is InChI=1S/C21H31N3OS/c1-4-11-24-12-10-21(9-8-20(24)25)17-23(14-13-22(21)2)16-18-6-5-7-19(15-18)26-3/h4-7,15H,1,8-14,16-17H2,2-3H3. The molecule has 2 fully saturated rings. The minimum atomic E-state index is 0.112. The van der Waals surface area contributed by atoms with Crippen LogP contribution in [0.5, 0.6) is 0 Å². The molecule has 2 heterocycles. The molecule has 1 amide bonds. The lowest BCUT2D eigenvalue weighted by Crippen LogP contribution is -2.60. The van der Waals surface area contributed by atoms with E-state index in [2.05, 4.69) is 53.9 Å². The summed E-state index contributed by atoms with van der Waals surface area (Å²) in [7, 11) is 2.24. The predicted octanol–water partition coefficient (Wildman–Crippen LogP) is 3.09. The topological polar surface area (TPSA) is 26.8 Å². The monoisotopic (exact) mass is 373 g/mol. The number of carbonyl (C=O) groups is 1. The van der Waals surface area contributed by atoms with Gasteiger partial charge in [-0.1, -0.05) is 18.2 Å². The average Bonchev–Trinajstić information content (AvgIpc) is 2.80. The summed E-state index contributed by atoms with van der Waals surface area (Å²) < 4.78 is 0. The number of carbonyl (C=O) groups excluding carboxylic acids is 1. The zero-order valence-corrected chi connectivity index (χ0v) is 16.9. The van der Waals surface area contributed by atoms with Crippen LogP contribution in [-0.2, 0) is 11.3 Å². The van der Waals surface area contributed by atoms with Crippen LogP contribution in [0.15, 0.2) is 41.8 Å². The van der Waals surface area contributed by atoms with Crippen LogP contribution in [0.1, 0.15) is 24.8 Å². The lowest BCUT2D eigenvalue weighted by molar-refractivity contribution is -0.130. The fourth-order valence-corrected chi connectivity index (χ4v) is 4.77. The van der Waals surface area contributed by atoms with E-state index in [4.69, 9.17) is 0 Å². The third kappa shape index (κ3) is 4.33. The Kier molecular flexibility index (Phi) is 6.43. The summed E-state index contributed by atoms with van der Waals surface area (Å²) in [6.07, 6.45) is 6.61. The first kappa shape index (κ1) is 19.5. The molecular formula is C21H31N3OS. The zero-order chi connectivity index (χ0) is 18.6. The maximum atomic E-state index is 12.4. The van der Waals surface area contributed by atoms with Gasteiger partial charge >= 0.3 is 0 Å². The lowest BCUT2D eigenvalue weighted by atomic mass is 9.86. The van der Waals surface area contributed by atoms with Crippen LogP contribution in [-0.4, -0.2) is 72.2 Å². The van der Waals surface area contributed by atoms with Crippen LogP contribution >= 0.6 is 11.8 Å². The highest BCUT2D eigenvalue weighted by Gasteiger charge is 2.41. The second kappa shape index (κ2) is 8.59. The first-order chi connectivity index (χ1) is 12.6. The average molecular weight is 374 g/mol. The zero-order valence-electron chi connectivity index (χ0n) is 16.1. The molecule has 2 aliphatic heterocycles. The number of thioether (sulfide) groups is 1. The van der Waals surface area contributed by atoms with Crippen LogP contribution in [0.4, 0.5) is 0 Å². The molecule has 1 unspecified atom stereocenters.